The molecule has 2 aromatic rings. The van der Waals surface area contributed by atoms with Gasteiger partial charge >= 0.3 is 0 Å². The van der Waals surface area contributed by atoms with Crippen molar-refractivity contribution in [1.82, 2.24) is 0 Å². The van der Waals surface area contributed by atoms with Gasteiger partial charge in [0.1, 0.15) is 0 Å². The van der Waals surface area contributed by atoms with Crippen molar-refractivity contribution in [3.05, 3.63) is 58.7 Å². The fourth-order valence-electron chi connectivity index (χ4n) is 2.46. The fraction of sp³-hybridized carbons (Fsp3) is 0.278. The Morgan fingerprint density at radius 2 is 1.24 bits per heavy atom. The van der Waals surface area contributed by atoms with Gasteiger partial charge in [-0.05, 0) is 49.9 Å². The highest BCUT2D eigenvalue weighted by atomic mass is 16.1. The van der Waals surface area contributed by atoms with Crippen LogP contribution < -0.4 is 10.6 Å². The Morgan fingerprint density at radius 1 is 0.810 bits per heavy atom. The standard InChI is InChI=1S/C18H22N2O/c1-12-7-5-8-13(2)17(12)19-11-16(21)20-18-14(3)9-6-10-15(18)4/h5-10,19H,11H2,1-4H3,(H,20,21). The van der Waals surface area contributed by atoms with Crippen molar-refractivity contribution in [2.45, 2.75) is 27.7 Å². The van der Waals surface area contributed by atoms with Gasteiger partial charge in [0.05, 0.1) is 6.54 Å². The third-order valence-corrected chi connectivity index (χ3v) is 3.65. The van der Waals surface area contributed by atoms with Crippen LogP contribution >= 0.6 is 0 Å². The molecule has 1 amide bonds. The predicted octanol–water partition coefficient (Wildman–Crippen LogP) is 3.97. The highest BCUT2D eigenvalue weighted by Gasteiger charge is 2.08. The molecular formula is C18H22N2O. The van der Waals surface area contributed by atoms with Crippen molar-refractivity contribution in [2.75, 3.05) is 17.2 Å². The van der Waals surface area contributed by atoms with E-state index in [1.807, 2.05) is 64.1 Å². The zero-order chi connectivity index (χ0) is 15.4. The maximum absolute atomic E-state index is 12.1. The summed E-state index contributed by atoms with van der Waals surface area (Å²) in [6.07, 6.45) is 0. The lowest BCUT2D eigenvalue weighted by molar-refractivity contribution is -0.114. The molecule has 0 radical (unpaired) electrons. The van der Waals surface area contributed by atoms with Crippen molar-refractivity contribution < 1.29 is 4.79 Å². The highest BCUT2D eigenvalue weighted by molar-refractivity contribution is 5.95. The average molecular weight is 282 g/mol. The SMILES string of the molecule is Cc1cccc(C)c1NCC(=O)Nc1c(C)cccc1C. The number of rotatable bonds is 4. The quantitative estimate of drug-likeness (QED) is 0.891. The number of aryl methyl sites for hydroxylation is 4. The molecule has 0 heterocycles. The lowest BCUT2D eigenvalue weighted by atomic mass is 10.1. The first-order valence-corrected chi connectivity index (χ1v) is 7.15. The monoisotopic (exact) mass is 282 g/mol. The Kier molecular flexibility index (Phi) is 4.63. The Bertz CT molecular complexity index is 622. The van der Waals surface area contributed by atoms with Crippen LogP contribution in [0.15, 0.2) is 36.4 Å². The zero-order valence-corrected chi connectivity index (χ0v) is 13.1. The number of nitrogens with one attached hydrogen (secondary N) is 2. The van der Waals surface area contributed by atoms with Gasteiger partial charge in [0, 0.05) is 11.4 Å². The van der Waals surface area contributed by atoms with Gasteiger partial charge in [0.25, 0.3) is 0 Å². The Balaban J connectivity index is 2.03. The van der Waals surface area contributed by atoms with Crippen LogP contribution in [-0.4, -0.2) is 12.5 Å². The van der Waals surface area contributed by atoms with Gasteiger partial charge < -0.3 is 10.6 Å². The number of anilines is 2. The highest BCUT2D eigenvalue weighted by Crippen LogP contribution is 2.21. The second kappa shape index (κ2) is 6.44. The second-order valence-electron chi connectivity index (χ2n) is 5.44. The Hall–Kier alpha value is -2.29. The predicted molar refractivity (Wildman–Crippen MR) is 89.0 cm³/mol. The van der Waals surface area contributed by atoms with Crippen molar-refractivity contribution in [1.29, 1.82) is 0 Å². The molecule has 2 aromatic carbocycles. The molecule has 2 N–H and O–H groups in total. The number of benzene rings is 2. The summed E-state index contributed by atoms with van der Waals surface area (Å²) in [5.74, 6) is -0.0324. The van der Waals surface area contributed by atoms with Crippen LogP contribution in [0, 0.1) is 27.7 Å². The summed E-state index contributed by atoms with van der Waals surface area (Å²) in [6.45, 7) is 8.35. The number of amides is 1. The van der Waals surface area contributed by atoms with Crippen LogP contribution in [-0.2, 0) is 4.79 Å². The summed E-state index contributed by atoms with van der Waals surface area (Å²) < 4.78 is 0. The molecule has 0 aromatic heterocycles. The summed E-state index contributed by atoms with van der Waals surface area (Å²) in [5, 5.41) is 6.21. The zero-order valence-electron chi connectivity index (χ0n) is 13.1. The lowest BCUT2D eigenvalue weighted by Crippen LogP contribution is -2.23. The lowest BCUT2D eigenvalue weighted by Gasteiger charge is -2.14. The van der Waals surface area contributed by atoms with E-state index in [1.54, 1.807) is 0 Å². The molecule has 0 saturated heterocycles. The number of carbonyl (C=O) groups is 1. The number of carbonyl (C=O) groups excluding carboxylic acids is 1. The van der Waals surface area contributed by atoms with E-state index in [4.69, 9.17) is 0 Å². The van der Waals surface area contributed by atoms with E-state index < -0.39 is 0 Å². The summed E-state index contributed by atoms with van der Waals surface area (Å²) >= 11 is 0. The minimum absolute atomic E-state index is 0.0324. The minimum atomic E-state index is -0.0324. The molecule has 0 unspecified atom stereocenters. The van der Waals surface area contributed by atoms with E-state index in [1.165, 1.54) is 0 Å². The molecule has 110 valence electrons. The van der Waals surface area contributed by atoms with Crippen LogP contribution in [0.1, 0.15) is 22.3 Å². The van der Waals surface area contributed by atoms with E-state index >= 15 is 0 Å². The Labute approximate surface area is 126 Å². The maximum atomic E-state index is 12.1. The van der Waals surface area contributed by atoms with Gasteiger partial charge in [-0.15, -0.1) is 0 Å². The third-order valence-electron chi connectivity index (χ3n) is 3.65. The van der Waals surface area contributed by atoms with Crippen molar-refractivity contribution in [2.24, 2.45) is 0 Å². The number of hydrogen-bond acceptors (Lipinski definition) is 2. The smallest absolute Gasteiger partial charge is 0.243 e. The van der Waals surface area contributed by atoms with Gasteiger partial charge in [0.2, 0.25) is 5.91 Å². The first-order valence-electron chi connectivity index (χ1n) is 7.15. The molecule has 0 aliphatic rings. The number of hydrogen-bond donors (Lipinski definition) is 2. The normalized spacial score (nSPS) is 10.3. The van der Waals surface area contributed by atoms with Crippen molar-refractivity contribution >= 4 is 17.3 Å². The van der Waals surface area contributed by atoms with E-state index in [9.17, 15) is 4.79 Å². The molecule has 3 nitrogen and oxygen atoms in total. The summed E-state index contributed by atoms with van der Waals surface area (Å²) in [5.41, 5.74) is 6.40. The minimum Gasteiger partial charge on any atom is -0.376 e. The van der Waals surface area contributed by atoms with Gasteiger partial charge in [-0.3, -0.25) is 4.79 Å². The molecule has 0 fully saturated rings. The molecule has 2 rings (SSSR count). The van der Waals surface area contributed by atoms with Crippen molar-refractivity contribution in [3.63, 3.8) is 0 Å². The number of para-hydroxylation sites is 2. The van der Waals surface area contributed by atoms with Crippen molar-refractivity contribution in [3.8, 4) is 0 Å². The summed E-state index contributed by atoms with van der Waals surface area (Å²) in [4.78, 5) is 12.1. The molecule has 0 spiro atoms. The first kappa shape index (κ1) is 15.1. The molecule has 0 atom stereocenters. The molecule has 0 aliphatic heterocycles. The van der Waals surface area contributed by atoms with Gasteiger partial charge in [0.15, 0.2) is 0 Å². The molecular weight excluding hydrogens is 260 g/mol. The maximum Gasteiger partial charge on any atom is 0.243 e. The van der Waals surface area contributed by atoms with Gasteiger partial charge in [-0.25, -0.2) is 0 Å². The topological polar surface area (TPSA) is 41.1 Å². The Morgan fingerprint density at radius 3 is 1.71 bits per heavy atom. The molecule has 21 heavy (non-hydrogen) atoms. The second-order valence-corrected chi connectivity index (χ2v) is 5.44. The van der Waals surface area contributed by atoms with Gasteiger partial charge in [-0.2, -0.15) is 0 Å². The van der Waals surface area contributed by atoms with E-state index in [0.29, 0.717) is 0 Å². The molecule has 3 heteroatoms. The summed E-state index contributed by atoms with van der Waals surface area (Å²) in [7, 11) is 0. The van der Waals surface area contributed by atoms with Gasteiger partial charge in [-0.1, -0.05) is 36.4 Å². The fourth-order valence-corrected chi connectivity index (χ4v) is 2.46. The van der Waals surface area contributed by atoms with Crippen LogP contribution in [0.4, 0.5) is 11.4 Å². The van der Waals surface area contributed by atoms with E-state index in [2.05, 4.69) is 10.6 Å². The largest absolute Gasteiger partial charge is 0.376 e. The van der Waals surface area contributed by atoms with Crippen LogP contribution in [0.25, 0.3) is 0 Å². The molecule has 0 aliphatic carbocycles. The summed E-state index contributed by atoms with van der Waals surface area (Å²) in [6, 6.07) is 12.1. The average Bonchev–Trinajstić information content (AvgIpc) is 2.42. The molecule has 0 saturated carbocycles. The van der Waals surface area contributed by atoms with Crippen LogP contribution in [0.2, 0.25) is 0 Å². The van der Waals surface area contributed by atoms with Crippen LogP contribution in [0.5, 0.6) is 0 Å². The van der Waals surface area contributed by atoms with E-state index in [0.717, 1.165) is 33.6 Å². The third kappa shape index (κ3) is 3.63. The van der Waals surface area contributed by atoms with E-state index in [-0.39, 0.29) is 12.5 Å². The first-order chi connectivity index (χ1) is 9.99. The van der Waals surface area contributed by atoms with Crippen LogP contribution in [0.3, 0.4) is 0 Å². The molecule has 0 bridgehead atoms.